The molecule has 3 nitrogen and oxygen atoms in total. The Bertz CT molecular complexity index is 539. The summed E-state index contributed by atoms with van der Waals surface area (Å²) in [5.74, 6) is -2.02. The Kier molecular flexibility index (Phi) is 3.50. The van der Waals surface area contributed by atoms with Gasteiger partial charge in [-0.25, -0.2) is 13.8 Å². The first kappa shape index (κ1) is 12.4. The summed E-state index contributed by atoms with van der Waals surface area (Å²) in [6.07, 6.45) is 2.33. The van der Waals surface area contributed by atoms with Gasteiger partial charge in [0, 0.05) is 12.4 Å². The van der Waals surface area contributed by atoms with Crippen LogP contribution in [0.1, 0.15) is 12.4 Å². The van der Waals surface area contributed by atoms with Crippen LogP contribution in [0.4, 0.5) is 23.2 Å². The van der Waals surface area contributed by atoms with Gasteiger partial charge in [-0.2, -0.15) is 8.78 Å². The highest BCUT2D eigenvalue weighted by Crippen LogP contribution is 2.18. The van der Waals surface area contributed by atoms with E-state index in [4.69, 9.17) is 0 Å². The van der Waals surface area contributed by atoms with Crippen molar-refractivity contribution in [1.29, 1.82) is 0 Å². The first-order valence-electron chi connectivity index (χ1n) is 5.07. The molecule has 0 aliphatic rings. The number of hydrogen-bond donors (Lipinski definition) is 1. The van der Waals surface area contributed by atoms with Gasteiger partial charge >= 0.3 is 6.55 Å². The molecule has 2 aromatic rings. The van der Waals surface area contributed by atoms with Crippen LogP contribution in [-0.2, 0) is 6.54 Å². The summed E-state index contributed by atoms with van der Waals surface area (Å²) < 4.78 is 51.8. The van der Waals surface area contributed by atoms with Crippen LogP contribution in [0.5, 0.6) is 0 Å². The molecule has 7 heteroatoms. The SMILES string of the molecule is Fc1cccc(NCc2nccn2C(F)F)c1F. The zero-order valence-electron chi connectivity index (χ0n) is 9.08. The number of imidazole rings is 1. The minimum atomic E-state index is -2.72. The summed E-state index contributed by atoms with van der Waals surface area (Å²) in [7, 11) is 0. The number of alkyl halides is 2. The highest BCUT2D eigenvalue weighted by atomic mass is 19.3. The van der Waals surface area contributed by atoms with E-state index in [0.717, 1.165) is 12.3 Å². The van der Waals surface area contributed by atoms with Gasteiger partial charge < -0.3 is 5.32 Å². The van der Waals surface area contributed by atoms with Gasteiger partial charge in [-0.3, -0.25) is 4.57 Å². The minimum Gasteiger partial charge on any atom is -0.375 e. The highest BCUT2D eigenvalue weighted by Gasteiger charge is 2.12. The van der Waals surface area contributed by atoms with E-state index in [-0.39, 0.29) is 18.1 Å². The normalized spacial score (nSPS) is 10.9. The van der Waals surface area contributed by atoms with Crippen molar-refractivity contribution in [3.63, 3.8) is 0 Å². The van der Waals surface area contributed by atoms with Crippen LogP contribution in [0.2, 0.25) is 0 Å². The monoisotopic (exact) mass is 259 g/mol. The molecule has 0 radical (unpaired) electrons. The van der Waals surface area contributed by atoms with Crippen molar-refractivity contribution in [1.82, 2.24) is 9.55 Å². The Labute approximate surface area is 100 Å². The summed E-state index contributed by atoms with van der Waals surface area (Å²) >= 11 is 0. The number of rotatable bonds is 4. The molecule has 0 spiro atoms. The molecule has 1 aromatic heterocycles. The lowest BCUT2D eigenvalue weighted by molar-refractivity contribution is 0.0673. The van der Waals surface area contributed by atoms with E-state index in [1.54, 1.807) is 0 Å². The fraction of sp³-hybridized carbons (Fsp3) is 0.182. The molecule has 0 saturated carbocycles. The standard InChI is InChI=1S/C11H9F4N3/c12-7-2-1-3-8(10(7)13)17-6-9-16-4-5-18(9)11(14)15/h1-5,11,17H,6H2. The van der Waals surface area contributed by atoms with Crippen molar-refractivity contribution in [2.75, 3.05) is 5.32 Å². The second kappa shape index (κ2) is 5.07. The van der Waals surface area contributed by atoms with Crippen LogP contribution >= 0.6 is 0 Å². The van der Waals surface area contributed by atoms with Gasteiger partial charge in [0.1, 0.15) is 5.82 Å². The lowest BCUT2D eigenvalue weighted by atomic mass is 10.3. The van der Waals surface area contributed by atoms with E-state index in [1.807, 2.05) is 0 Å². The first-order chi connectivity index (χ1) is 8.59. The summed E-state index contributed by atoms with van der Waals surface area (Å²) in [5, 5.41) is 2.52. The average molecular weight is 259 g/mol. The minimum absolute atomic E-state index is 0.0358. The molecular formula is C11H9F4N3. The van der Waals surface area contributed by atoms with Gasteiger partial charge in [0.15, 0.2) is 11.6 Å². The van der Waals surface area contributed by atoms with Crippen molar-refractivity contribution in [2.45, 2.75) is 13.1 Å². The van der Waals surface area contributed by atoms with E-state index in [2.05, 4.69) is 10.3 Å². The second-order valence-corrected chi connectivity index (χ2v) is 3.48. The maximum atomic E-state index is 13.3. The quantitative estimate of drug-likeness (QED) is 0.855. The van der Waals surface area contributed by atoms with Crippen LogP contribution < -0.4 is 5.32 Å². The molecule has 0 unspecified atom stereocenters. The molecule has 0 bridgehead atoms. The Balaban J connectivity index is 2.12. The molecule has 0 fully saturated rings. The maximum Gasteiger partial charge on any atom is 0.319 e. The third-order valence-corrected chi connectivity index (χ3v) is 2.35. The number of hydrogen-bond acceptors (Lipinski definition) is 2. The molecule has 2 rings (SSSR count). The number of anilines is 1. The zero-order valence-corrected chi connectivity index (χ0v) is 9.08. The van der Waals surface area contributed by atoms with Crippen molar-refractivity contribution < 1.29 is 17.6 Å². The highest BCUT2D eigenvalue weighted by molar-refractivity contribution is 5.44. The Morgan fingerprint density at radius 2 is 2.06 bits per heavy atom. The fourth-order valence-corrected chi connectivity index (χ4v) is 1.47. The predicted molar refractivity (Wildman–Crippen MR) is 57.2 cm³/mol. The molecule has 1 heterocycles. The number of nitrogens with zero attached hydrogens (tertiary/aromatic N) is 2. The van der Waals surface area contributed by atoms with Gasteiger partial charge in [-0.05, 0) is 12.1 Å². The van der Waals surface area contributed by atoms with Gasteiger partial charge in [-0.1, -0.05) is 6.07 Å². The number of halogens is 4. The molecule has 1 N–H and O–H groups in total. The van der Waals surface area contributed by atoms with Crippen LogP contribution in [0.15, 0.2) is 30.6 Å². The molecule has 0 atom stereocenters. The van der Waals surface area contributed by atoms with Crippen molar-refractivity contribution in [2.24, 2.45) is 0 Å². The number of benzene rings is 1. The maximum absolute atomic E-state index is 13.3. The Hall–Kier alpha value is -2.05. The van der Waals surface area contributed by atoms with Crippen LogP contribution in [0, 0.1) is 11.6 Å². The molecule has 0 aliphatic heterocycles. The van der Waals surface area contributed by atoms with Crippen LogP contribution in [-0.4, -0.2) is 9.55 Å². The van der Waals surface area contributed by atoms with Crippen molar-refractivity contribution >= 4 is 5.69 Å². The first-order valence-corrected chi connectivity index (χ1v) is 5.07. The third-order valence-electron chi connectivity index (χ3n) is 2.35. The molecular weight excluding hydrogens is 250 g/mol. The summed E-state index contributed by atoms with van der Waals surface area (Å²) in [4.78, 5) is 3.71. The summed E-state index contributed by atoms with van der Waals surface area (Å²) in [5.41, 5.74) is -0.0983. The molecule has 0 amide bonds. The van der Waals surface area contributed by atoms with Crippen molar-refractivity contribution in [3.05, 3.63) is 48.1 Å². The van der Waals surface area contributed by atoms with E-state index in [1.165, 1.54) is 18.3 Å². The van der Waals surface area contributed by atoms with Gasteiger partial charge in [-0.15, -0.1) is 0 Å². The van der Waals surface area contributed by atoms with Crippen molar-refractivity contribution in [3.8, 4) is 0 Å². The molecule has 18 heavy (non-hydrogen) atoms. The lowest BCUT2D eigenvalue weighted by Gasteiger charge is -2.09. The summed E-state index contributed by atoms with van der Waals surface area (Å²) in [6.45, 7) is -2.85. The molecule has 0 aliphatic carbocycles. The average Bonchev–Trinajstić information content (AvgIpc) is 2.79. The van der Waals surface area contributed by atoms with Crippen LogP contribution in [0.25, 0.3) is 0 Å². The Morgan fingerprint density at radius 3 is 2.78 bits per heavy atom. The van der Waals surface area contributed by atoms with E-state index >= 15 is 0 Å². The second-order valence-electron chi connectivity index (χ2n) is 3.48. The topological polar surface area (TPSA) is 29.9 Å². The number of aromatic nitrogens is 2. The predicted octanol–water partition coefficient (Wildman–Crippen LogP) is 3.17. The van der Waals surface area contributed by atoms with E-state index < -0.39 is 18.2 Å². The Morgan fingerprint density at radius 1 is 1.28 bits per heavy atom. The largest absolute Gasteiger partial charge is 0.375 e. The van der Waals surface area contributed by atoms with Gasteiger partial charge in [0.25, 0.3) is 0 Å². The third kappa shape index (κ3) is 2.44. The molecule has 96 valence electrons. The summed E-state index contributed by atoms with van der Waals surface area (Å²) in [6, 6.07) is 3.61. The molecule has 0 saturated heterocycles. The fourth-order valence-electron chi connectivity index (χ4n) is 1.47. The van der Waals surface area contributed by atoms with Gasteiger partial charge in [0.2, 0.25) is 0 Å². The lowest BCUT2D eigenvalue weighted by Crippen LogP contribution is -2.10. The van der Waals surface area contributed by atoms with Gasteiger partial charge in [0.05, 0.1) is 12.2 Å². The smallest absolute Gasteiger partial charge is 0.319 e. The van der Waals surface area contributed by atoms with E-state index in [0.29, 0.717) is 4.57 Å². The van der Waals surface area contributed by atoms with E-state index in [9.17, 15) is 17.6 Å². The molecule has 1 aromatic carbocycles. The van der Waals surface area contributed by atoms with Crippen LogP contribution in [0.3, 0.4) is 0 Å². The zero-order chi connectivity index (χ0) is 13.1. The number of nitrogens with one attached hydrogen (secondary N) is 1.